The average molecular weight is 250 g/mol. The summed E-state index contributed by atoms with van der Waals surface area (Å²) >= 11 is 0. The molecule has 1 aliphatic rings. The van der Waals surface area contributed by atoms with Gasteiger partial charge in [-0.15, -0.1) is 0 Å². The molecule has 0 amide bonds. The summed E-state index contributed by atoms with van der Waals surface area (Å²) < 4.78 is 5.72. The van der Waals surface area contributed by atoms with Gasteiger partial charge >= 0.3 is 12.0 Å². The van der Waals surface area contributed by atoms with E-state index in [0.29, 0.717) is 5.69 Å². The second-order valence-corrected chi connectivity index (χ2v) is 4.71. The molecule has 18 heavy (non-hydrogen) atoms. The normalized spacial score (nSPS) is 17.2. The van der Waals surface area contributed by atoms with Crippen LogP contribution >= 0.6 is 0 Å². The van der Waals surface area contributed by atoms with E-state index in [1.807, 2.05) is 0 Å². The minimum Gasteiger partial charge on any atom is -0.477 e. The van der Waals surface area contributed by atoms with Crippen molar-refractivity contribution < 1.29 is 14.6 Å². The van der Waals surface area contributed by atoms with E-state index in [1.54, 1.807) is 6.92 Å². The number of carboxylic acids is 1. The Morgan fingerprint density at radius 2 is 1.94 bits per heavy atom. The van der Waals surface area contributed by atoms with Gasteiger partial charge in [0, 0.05) is 5.69 Å². The van der Waals surface area contributed by atoms with E-state index < -0.39 is 5.97 Å². The summed E-state index contributed by atoms with van der Waals surface area (Å²) in [6.07, 6.45) is 6.92. The predicted octanol–water partition coefficient (Wildman–Crippen LogP) is 2.58. The van der Waals surface area contributed by atoms with Crippen LogP contribution in [0.2, 0.25) is 0 Å². The van der Waals surface area contributed by atoms with Crippen molar-refractivity contribution >= 4 is 5.97 Å². The van der Waals surface area contributed by atoms with E-state index >= 15 is 0 Å². The van der Waals surface area contributed by atoms with Gasteiger partial charge in [0.2, 0.25) is 0 Å². The van der Waals surface area contributed by atoms with E-state index in [4.69, 9.17) is 9.84 Å². The highest BCUT2D eigenvalue weighted by Crippen LogP contribution is 2.21. The molecular weight excluding hydrogens is 232 g/mol. The molecule has 0 bridgehead atoms. The van der Waals surface area contributed by atoms with Gasteiger partial charge in [-0.3, -0.25) is 0 Å². The first kappa shape index (κ1) is 12.8. The van der Waals surface area contributed by atoms with Crippen LogP contribution < -0.4 is 4.74 Å². The number of aryl methyl sites for hydroxylation is 1. The molecule has 0 aliphatic heterocycles. The largest absolute Gasteiger partial charge is 0.477 e. The molecule has 1 saturated carbocycles. The molecule has 0 atom stereocenters. The van der Waals surface area contributed by atoms with Gasteiger partial charge in [0.15, 0.2) is 5.69 Å². The van der Waals surface area contributed by atoms with E-state index in [9.17, 15) is 4.79 Å². The van der Waals surface area contributed by atoms with Crippen molar-refractivity contribution in [1.29, 1.82) is 0 Å². The molecular formula is C13H18N2O3. The average Bonchev–Trinajstić information content (AvgIpc) is 2.57. The van der Waals surface area contributed by atoms with Gasteiger partial charge in [0.1, 0.15) is 6.10 Å². The van der Waals surface area contributed by atoms with Gasteiger partial charge < -0.3 is 9.84 Å². The smallest absolute Gasteiger partial charge is 0.354 e. The zero-order valence-electron chi connectivity index (χ0n) is 10.6. The maximum absolute atomic E-state index is 10.9. The Morgan fingerprint density at radius 1 is 1.28 bits per heavy atom. The summed E-state index contributed by atoms with van der Waals surface area (Å²) in [7, 11) is 0. The van der Waals surface area contributed by atoms with Crippen LogP contribution in [0.1, 0.15) is 54.7 Å². The molecule has 1 aromatic rings. The fourth-order valence-electron chi connectivity index (χ4n) is 2.21. The van der Waals surface area contributed by atoms with Crippen LogP contribution in [0.25, 0.3) is 0 Å². The van der Waals surface area contributed by atoms with Crippen molar-refractivity contribution in [3.8, 4) is 6.01 Å². The maximum Gasteiger partial charge on any atom is 0.354 e. The molecule has 98 valence electrons. The summed E-state index contributed by atoms with van der Waals surface area (Å²) in [4.78, 5) is 19.0. The lowest BCUT2D eigenvalue weighted by Crippen LogP contribution is -2.18. The Kier molecular flexibility index (Phi) is 4.12. The summed E-state index contributed by atoms with van der Waals surface area (Å²) in [6, 6.07) is 1.64. The molecule has 1 fully saturated rings. The highest BCUT2D eigenvalue weighted by Gasteiger charge is 2.16. The van der Waals surface area contributed by atoms with E-state index in [2.05, 4.69) is 9.97 Å². The van der Waals surface area contributed by atoms with Crippen LogP contribution in [0.5, 0.6) is 6.01 Å². The molecule has 1 aromatic heterocycles. The number of hydrogen-bond acceptors (Lipinski definition) is 4. The minimum absolute atomic E-state index is 0.00822. The Balaban J connectivity index is 2.10. The standard InChI is InChI=1S/C13H18N2O3/c1-9-8-11(12(16)17)15-13(14-9)18-10-6-4-2-3-5-7-10/h8,10H,2-7H2,1H3,(H,16,17). The molecule has 0 aromatic carbocycles. The monoisotopic (exact) mass is 250 g/mol. The summed E-state index contributed by atoms with van der Waals surface area (Å²) in [5.41, 5.74) is 0.608. The van der Waals surface area contributed by atoms with Crippen LogP contribution in [0, 0.1) is 6.92 Å². The third-order valence-corrected chi connectivity index (χ3v) is 3.13. The van der Waals surface area contributed by atoms with Crippen molar-refractivity contribution in [3.63, 3.8) is 0 Å². The first-order chi connectivity index (χ1) is 8.65. The fraction of sp³-hybridized carbons (Fsp3) is 0.615. The van der Waals surface area contributed by atoms with Crippen molar-refractivity contribution in [1.82, 2.24) is 9.97 Å². The number of aromatic nitrogens is 2. The molecule has 0 spiro atoms. The Labute approximate surface area is 106 Å². The second-order valence-electron chi connectivity index (χ2n) is 4.71. The minimum atomic E-state index is -1.05. The Bertz CT molecular complexity index is 426. The van der Waals surface area contributed by atoms with Crippen LogP contribution in [-0.2, 0) is 0 Å². The first-order valence-corrected chi connectivity index (χ1v) is 6.41. The van der Waals surface area contributed by atoms with Gasteiger partial charge in [-0.2, -0.15) is 4.98 Å². The molecule has 0 radical (unpaired) electrons. The lowest BCUT2D eigenvalue weighted by atomic mass is 10.2. The maximum atomic E-state index is 10.9. The number of ether oxygens (including phenoxy) is 1. The molecule has 1 heterocycles. The van der Waals surface area contributed by atoms with Gasteiger partial charge in [-0.05, 0) is 38.7 Å². The van der Waals surface area contributed by atoms with E-state index in [0.717, 1.165) is 25.7 Å². The van der Waals surface area contributed by atoms with Crippen molar-refractivity contribution in [2.24, 2.45) is 0 Å². The number of carbonyl (C=O) groups is 1. The van der Waals surface area contributed by atoms with Crippen LogP contribution in [0.4, 0.5) is 0 Å². The number of rotatable bonds is 3. The first-order valence-electron chi connectivity index (χ1n) is 6.41. The second kappa shape index (κ2) is 5.80. The van der Waals surface area contributed by atoms with Crippen LogP contribution in [-0.4, -0.2) is 27.1 Å². The highest BCUT2D eigenvalue weighted by molar-refractivity contribution is 5.85. The van der Waals surface area contributed by atoms with Gasteiger partial charge in [0.25, 0.3) is 0 Å². The SMILES string of the molecule is Cc1cc(C(=O)O)nc(OC2CCCCCC2)n1. The molecule has 5 heteroatoms. The van der Waals surface area contributed by atoms with Crippen molar-refractivity contribution in [3.05, 3.63) is 17.5 Å². The van der Waals surface area contributed by atoms with Crippen molar-refractivity contribution in [2.45, 2.75) is 51.6 Å². The lowest BCUT2D eigenvalue weighted by molar-refractivity contribution is 0.0686. The fourth-order valence-corrected chi connectivity index (χ4v) is 2.21. The topological polar surface area (TPSA) is 72.3 Å². The Morgan fingerprint density at radius 3 is 2.56 bits per heavy atom. The zero-order chi connectivity index (χ0) is 13.0. The number of aromatic carboxylic acids is 1. The molecule has 1 aliphatic carbocycles. The molecule has 2 rings (SSSR count). The van der Waals surface area contributed by atoms with E-state index in [-0.39, 0.29) is 17.8 Å². The van der Waals surface area contributed by atoms with Crippen LogP contribution in [0.3, 0.4) is 0 Å². The number of hydrogen-bond donors (Lipinski definition) is 1. The molecule has 1 N–H and O–H groups in total. The summed E-state index contributed by atoms with van der Waals surface area (Å²) in [6.45, 7) is 1.74. The van der Waals surface area contributed by atoms with E-state index in [1.165, 1.54) is 18.9 Å². The van der Waals surface area contributed by atoms with Crippen molar-refractivity contribution in [2.75, 3.05) is 0 Å². The summed E-state index contributed by atoms with van der Waals surface area (Å²) in [5.74, 6) is -1.05. The van der Waals surface area contributed by atoms with Gasteiger partial charge in [-0.1, -0.05) is 12.8 Å². The summed E-state index contributed by atoms with van der Waals surface area (Å²) in [5, 5.41) is 8.94. The zero-order valence-corrected chi connectivity index (χ0v) is 10.6. The third-order valence-electron chi connectivity index (χ3n) is 3.13. The number of carboxylic acid groups (broad SMARTS) is 1. The molecule has 5 nitrogen and oxygen atoms in total. The quantitative estimate of drug-likeness (QED) is 0.835. The predicted molar refractivity (Wildman–Crippen MR) is 65.8 cm³/mol. The number of nitrogens with zero attached hydrogens (tertiary/aromatic N) is 2. The molecule has 0 saturated heterocycles. The van der Waals surface area contributed by atoms with Crippen LogP contribution in [0.15, 0.2) is 6.07 Å². The van der Waals surface area contributed by atoms with Gasteiger partial charge in [0.05, 0.1) is 0 Å². The Hall–Kier alpha value is -1.65. The highest BCUT2D eigenvalue weighted by atomic mass is 16.5. The van der Waals surface area contributed by atoms with Gasteiger partial charge in [-0.25, -0.2) is 9.78 Å². The lowest BCUT2D eigenvalue weighted by Gasteiger charge is -2.15. The third kappa shape index (κ3) is 3.42. The molecule has 0 unspecified atom stereocenters.